The molecular formula is C25H27N3O3S. The summed E-state index contributed by atoms with van der Waals surface area (Å²) in [6.45, 7) is 4.97. The third kappa shape index (κ3) is 4.08. The number of fused-ring (bicyclic) bond motifs is 1. The van der Waals surface area contributed by atoms with Crippen LogP contribution >= 0.6 is 11.3 Å². The highest BCUT2D eigenvalue weighted by atomic mass is 32.1. The van der Waals surface area contributed by atoms with Gasteiger partial charge in [-0.15, -0.1) is 11.3 Å². The summed E-state index contributed by atoms with van der Waals surface area (Å²) in [7, 11) is 3.25. The number of para-hydroxylation sites is 1. The molecule has 2 heterocycles. The van der Waals surface area contributed by atoms with E-state index in [9.17, 15) is 4.79 Å². The molecule has 0 aliphatic rings. The monoisotopic (exact) mass is 449 g/mol. The Kier molecular flexibility index (Phi) is 6.46. The summed E-state index contributed by atoms with van der Waals surface area (Å²) in [6, 6.07) is 13.7. The van der Waals surface area contributed by atoms with Gasteiger partial charge in [0.1, 0.15) is 17.2 Å². The Balaban J connectivity index is 1.66. The van der Waals surface area contributed by atoms with Gasteiger partial charge in [0.2, 0.25) is 0 Å². The summed E-state index contributed by atoms with van der Waals surface area (Å²) in [5.41, 5.74) is 4.31. The minimum atomic E-state index is -0.145. The van der Waals surface area contributed by atoms with E-state index in [0.717, 1.165) is 52.9 Å². The molecular weight excluding hydrogens is 422 g/mol. The molecule has 0 fully saturated rings. The minimum absolute atomic E-state index is 0.145. The number of carbonyl (C=O) groups excluding carboxylic acids is 1. The van der Waals surface area contributed by atoms with Crippen molar-refractivity contribution in [3.63, 3.8) is 0 Å². The number of hydrogen-bond acceptors (Lipinski definition) is 5. The van der Waals surface area contributed by atoms with Crippen molar-refractivity contribution in [1.29, 1.82) is 0 Å². The lowest BCUT2D eigenvalue weighted by atomic mass is 10.1. The van der Waals surface area contributed by atoms with Gasteiger partial charge < -0.3 is 14.0 Å². The Morgan fingerprint density at radius 2 is 1.97 bits per heavy atom. The van der Waals surface area contributed by atoms with Crippen LogP contribution in [0.25, 0.3) is 22.2 Å². The lowest BCUT2D eigenvalue weighted by molar-refractivity contribution is 0.101. The molecule has 0 aliphatic carbocycles. The fourth-order valence-electron chi connectivity index (χ4n) is 3.94. The molecule has 0 spiro atoms. The van der Waals surface area contributed by atoms with Crippen LogP contribution in [0.3, 0.4) is 0 Å². The van der Waals surface area contributed by atoms with Crippen molar-refractivity contribution < 1.29 is 14.3 Å². The molecule has 1 N–H and O–H groups in total. The van der Waals surface area contributed by atoms with Crippen LogP contribution in [0.5, 0.6) is 11.5 Å². The van der Waals surface area contributed by atoms with E-state index >= 15 is 0 Å². The van der Waals surface area contributed by atoms with E-state index in [0.29, 0.717) is 16.6 Å². The molecule has 7 heteroatoms. The van der Waals surface area contributed by atoms with Gasteiger partial charge in [0, 0.05) is 28.4 Å². The van der Waals surface area contributed by atoms with Crippen LogP contribution in [0.4, 0.5) is 5.13 Å². The van der Waals surface area contributed by atoms with Crippen molar-refractivity contribution in [2.45, 2.75) is 33.2 Å². The van der Waals surface area contributed by atoms with Crippen LogP contribution in [-0.2, 0) is 6.54 Å². The predicted octanol–water partition coefficient (Wildman–Crippen LogP) is 6.14. The molecule has 2 aromatic heterocycles. The SMILES string of the molecule is CCCCn1c(C(=O)Nc2nc(-c3cc(OC)ccc3OC)cs2)c(C)c2ccccc21. The zero-order valence-corrected chi connectivity index (χ0v) is 19.6. The normalized spacial score (nSPS) is 11.0. The van der Waals surface area contributed by atoms with E-state index in [2.05, 4.69) is 33.9 Å². The molecule has 166 valence electrons. The molecule has 0 unspecified atom stereocenters. The van der Waals surface area contributed by atoms with Crippen molar-refractivity contribution in [2.24, 2.45) is 0 Å². The number of benzene rings is 2. The number of ether oxygens (including phenoxy) is 2. The summed E-state index contributed by atoms with van der Waals surface area (Å²) >= 11 is 1.39. The van der Waals surface area contributed by atoms with Gasteiger partial charge >= 0.3 is 0 Å². The van der Waals surface area contributed by atoms with Gasteiger partial charge in [0.25, 0.3) is 5.91 Å². The second-order valence-corrected chi connectivity index (χ2v) is 8.41. The average Bonchev–Trinajstić information content (AvgIpc) is 3.39. The molecule has 2 aromatic carbocycles. The van der Waals surface area contributed by atoms with E-state index in [4.69, 9.17) is 9.47 Å². The summed E-state index contributed by atoms with van der Waals surface area (Å²) < 4.78 is 12.9. The zero-order valence-electron chi connectivity index (χ0n) is 18.8. The fourth-order valence-corrected chi connectivity index (χ4v) is 4.65. The van der Waals surface area contributed by atoms with E-state index in [1.165, 1.54) is 11.3 Å². The summed E-state index contributed by atoms with van der Waals surface area (Å²) in [6.07, 6.45) is 2.07. The fraction of sp³-hybridized carbons (Fsp3) is 0.280. The number of amides is 1. The first-order valence-corrected chi connectivity index (χ1v) is 11.5. The van der Waals surface area contributed by atoms with Gasteiger partial charge in [0.05, 0.1) is 19.9 Å². The number of thiazole rings is 1. The van der Waals surface area contributed by atoms with E-state index in [1.54, 1.807) is 14.2 Å². The van der Waals surface area contributed by atoms with Gasteiger partial charge in [-0.25, -0.2) is 4.98 Å². The van der Waals surface area contributed by atoms with E-state index < -0.39 is 0 Å². The maximum Gasteiger partial charge on any atom is 0.274 e. The third-order valence-electron chi connectivity index (χ3n) is 5.58. The Labute approximate surface area is 191 Å². The first-order chi connectivity index (χ1) is 15.6. The molecule has 0 aliphatic heterocycles. The van der Waals surface area contributed by atoms with Crippen molar-refractivity contribution in [3.05, 3.63) is 59.1 Å². The Morgan fingerprint density at radius 1 is 1.16 bits per heavy atom. The zero-order chi connectivity index (χ0) is 22.7. The highest BCUT2D eigenvalue weighted by Gasteiger charge is 2.21. The molecule has 0 radical (unpaired) electrons. The molecule has 6 nitrogen and oxygen atoms in total. The van der Waals surface area contributed by atoms with E-state index in [1.807, 2.05) is 42.6 Å². The first-order valence-electron chi connectivity index (χ1n) is 10.6. The smallest absolute Gasteiger partial charge is 0.274 e. The maximum atomic E-state index is 13.3. The van der Waals surface area contributed by atoms with Gasteiger partial charge in [-0.1, -0.05) is 31.5 Å². The number of nitrogens with zero attached hydrogens (tertiary/aromatic N) is 2. The summed E-state index contributed by atoms with van der Waals surface area (Å²) in [5.74, 6) is 1.27. The second kappa shape index (κ2) is 9.44. The van der Waals surface area contributed by atoms with Crippen molar-refractivity contribution >= 4 is 33.3 Å². The van der Waals surface area contributed by atoms with Crippen LogP contribution in [0.15, 0.2) is 47.8 Å². The average molecular weight is 450 g/mol. The minimum Gasteiger partial charge on any atom is -0.497 e. The second-order valence-electron chi connectivity index (χ2n) is 7.55. The summed E-state index contributed by atoms with van der Waals surface area (Å²) in [4.78, 5) is 18.0. The van der Waals surface area contributed by atoms with Crippen molar-refractivity contribution in [1.82, 2.24) is 9.55 Å². The van der Waals surface area contributed by atoms with Crippen LogP contribution < -0.4 is 14.8 Å². The van der Waals surface area contributed by atoms with Gasteiger partial charge in [0.15, 0.2) is 5.13 Å². The molecule has 0 bridgehead atoms. The lowest BCUT2D eigenvalue weighted by Gasteiger charge is -2.10. The quantitative estimate of drug-likeness (QED) is 0.351. The summed E-state index contributed by atoms with van der Waals surface area (Å²) in [5, 5.41) is 6.57. The van der Waals surface area contributed by atoms with Crippen LogP contribution in [0.1, 0.15) is 35.8 Å². The highest BCUT2D eigenvalue weighted by Crippen LogP contribution is 2.35. The highest BCUT2D eigenvalue weighted by molar-refractivity contribution is 7.14. The molecule has 32 heavy (non-hydrogen) atoms. The predicted molar refractivity (Wildman–Crippen MR) is 130 cm³/mol. The molecule has 4 aromatic rings. The lowest BCUT2D eigenvalue weighted by Crippen LogP contribution is -2.18. The molecule has 4 rings (SSSR count). The number of carbonyl (C=O) groups is 1. The number of hydrogen-bond donors (Lipinski definition) is 1. The maximum absolute atomic E-state index is 13.3. The number of rotatable bonds is 8. The number of unbranched alkanes of at least 4 members (excludes halogenated alkanes) is 1. The van der Waals surface area contributed by atoms with Crippen molar-refractivity contribution in [2.75, 3.05) is 19.5 Å². The van der Waals surface area contributed by atoms with Crippen LogP contribution in [-0.4, -0.2) is 29.7 Å². The molecule has 0 saturated carbocycles. The Bertz CT molecular complexity index is 1260. The largest absolute Gasteiger partial charge is 0.497 e. The Morgan fingerprint density at radius 3 is 2.72 bits per heavy atom. The van der Waals surface area contributed by atoms with Gasteiger partial charge in [-0.05, 0) is 43.2 Å². The van der Waals surface area contributed by atoms with Crippen molar-refractivity contribution in [3.8, 4) is 22.8 Å². The van der Waals surface area contributed by atoms with Gasteiger partial charge in [-0.2, -0.15) is 0 Å². The number of aryl methyl sites for hydroxylation is 2. The molecule has 1 amide bonds. The molecule has 0 saturated heterocycles. The van der Waals surface area contributed by atoms with E-state index in [-0.39, 0.29) is 5.91 Å². The Hall–Kier alpha value is -3.32. The third-order valence-corrected chi connectivity index (χ3v) is 6.34. The van der Waals surface area contributed by atoms with Gasteiger partial charge in [-0.3, -0.25) is 10.1 Å². The van der Waals surface area contributed by atoms with Crippen LogP contribution in [0, 0.1) is 6.92 Å². The standard InChI is InChI=1S/C25H27N3O3S/c1-5-6-13-28-21-10-8-7-9-18(21)16(2)23(28)24(29)27-25-26-20(15-32-25)19-14-17(30-3)11-12-22(19)31-4/h7-12,14-15H,5-6,13H2,1-4H3,(H,26,27,29). The molecule has 0 atom stereocenters. The first kappa shape index (κ1) is 21.9. The number of nitrogens with one attached hydrogen (secondary N) is 1. The number of aromatic nitrogens is 2. The van der Waals surface area contributed by atoms with Crippen LogP contribution in [0.2, 0.25) is 0 Å². The topological polar surface area (TPSA) is 65.4 Å². The number of methoxy groups -OCH3 is 2. The number of anilines is 1.